The van der Waals surface area contributed by atoms with Crippen LogP contribution in [0.2, 0.25) is 0 Å². The Hall–Kier alpha value is -1.55. The second kappa shape index (κ2) is 6.57. The van der Waals surface area contributed by atoms with Crippen molar-refractivity contribution < 1.29 is 4.74 Å². The predicted molar refractivity (Wildman–Crippen MR) is 81.6 cm³/mol. The number of aromatic nitrogens is 1. The molecule has 0 bridgehead atoms. The van der Waals surface area contributed by atoms with Crippen LogP contribution in [0.25, 0.3) is 0 Å². The summed E-state index contributed by atoms with van der Waals surface area (Å²) >= 11 is 3.40. The standard InChI is InChI=1S/C15H17BrN2O/c1-3-19-14-6-4-12(5-7-14)9-17-13-8-11(2)15(16)18-10-13/h4-8,10,17H,3,9H2,1-2H3. The van der Waals surface area contributed by atoms with Crippen molar-refractivity contribution in [2.45, 2.75) is 20.4 Å². The van der Waals surface area contributed by atoms with Crippen molar-refractivity contribution in [1.29, 1.82) is 0 Å². The monoisotopic (exact) mass is 320 g/mol. The Bertz CT molecular complexity index is 540. The lowest BCUT2D eigenvalue weighted by atomic mass is 10.2. The van der Waals surface area contributed by atoms with Gasteiger partial charge in [-0.3, -0.25) is 0 Å². The van der Waals surface area contributed by atoms with E-state index < -0.39 is 0 Å². The Balaban J connectivity index is 1.96. The van der Waals surface area contributed by atoms with E-state index in [0.717, 1.165) is 28.1 Å². The van der Waals surface area contributed by atoms with Gasteiger partial charge in [0.05, 0.1) is 18.5 Å². The van der Waals surface area contributed by atoms with Gasteiger partial charge in [-0.2, -0.15) is 0 Å². The molecule has 0 radical (unpaired) electrons. The second-order valence-corrected chi connectivity index (χ2v) is 5.01. The number of hydrogen-bond acceptors (Lipinski definition) is 3. The lowest BCUT2D eigenvalue weighted by molar-refractivity contribution is 0.340. The molecule has 0 fully saturated rings. The molecule has 1 aromatic heterocycles. The second-order valence-electron chi connectivity index (χ2n) is 4.26. The van der Waals surface area contributed by atoms with Crippen molar-refractivity contribution in [2.24, 2.45) is 0 Å². The minimum atomic E-state index is 0.696. The van der Waals surface area contributed by atoms with Gasteiger partial charge in [-0.1, -0.05) is 12.1 Å². The maximum atomic E-state index is 5.42. The van der Waals surface area contributed by atoms with E-state index in [1.807, 2.05) is 32.2 Å². The van der Waals surface area contributed by atoms with Gasteiger partial charge in [0, 0.05) is 6.54 Å². The molecule has 0 saturated carbocycles. The smallest absolute Gasteiger partial charge is 0.119 e. The predicted octanol–water partition coefficient (Wildman–Crippen LogP) is 4.16. The molecule has 0 aliphatic heterocycles. The van der Waals surface area contributed by atoms with Gasteiger partial charge in [0.15, 0.2) is 0 Å². The van der Waals surface area contributed by atoms with Gasteiger partial charge < -0.3 is 10.1 Å². The van der Waals surface area contributed by atoms with Gasteiger partial charge in [-0.25, -0.2) is 4.98 Å². The zero-order valence-corrected chi connectivity index (χ0v) is 12.7. The first-order valence-electron chi connectivity index (χ1n) is 6.27. The molecule has 0 aliphatic rings. The number of ether oxygens (including phenoxy) is 1. The fourth-order valence-electron chi connectivity index (χ4n) is 1.73. The van der Waals surface area contributed by atoms with Crippen LogP contribution in [0.4, 0.5) is 5.69 Å². The van der Waals surface area contributed by atoms with E-state index in [2.05, 4.69) is 44.4 Å². The largest absolute Gasteiger partial charge is 0.494 e. The average Bonchev–Trinajstić information content (AvgIpc) is 2.42. The Morgan fingerprint density at radius 3 is 2.63 bits per heavy atom. The number of pyridine rings is 1. The zero-order valence-electron chi connectivity index (χ0n) is 11.1. The van der Waals surface area contributed by atoms with Crippen molar-refractivity contribution in [2.75, 3.05) is 11.9 Å². The first-order chi connectivity index (χ1) is 9.19. The number of nitrogens with zero attached hydrogens (tertiary/aromatic N) is 1. The molecule has 4 heteroatoms. The molecule has 1 heterocycles. The van der Waals surface area contributed by atoms with Crippen LogP contribution in [-0.4, -0.2) is 11.6 Å². The molecule has 3 nitrogen and oxygen atoms in total. The van der Waals surface area contributed by atoms with Crippen LogP contribution < -0.4 is 10.1 Å². The molecular weight excluding hydrogens is 304 g/mol. The molecule has 0 amide bonds. The third-order valence-corrected chi connectivity index (χ3v) is 3.58. The third-order valence-electron chi connectivity index (χ3n) is 2.75. The summed E-state index contributed by atoms with van der Waals surface area (Å²) in [7, 11) is 0. The molecule has 0 spiro atoms. The molecule has 1 aromatic carbocycles. The van der Waals surface area contributed by atoms with Crippen molar-refractivity contribution in [3.8, 4) is 5.75 Å². The summed E-state index contributed by atoms with van der Waals surface area (Å²) in [4.78, 5) is 4.26. The average molecular weight is 321 g/mol. The van der Waals surface area contributed by atoms with Crippen molar-refractivity contribution in [1.82, 2.24) is 4.98 Å². The molecule has 0 atom stereocenters. The van der Waals surface area contributed by atoms with E-state index in [1.54, 1.807) is 0 Å². The first-order valence-corrected chi connectivity index (χ1v) is 7.06. The van der Waals surface area contributed by atoms with Crippen LogP contribution in [0.5, 0.6) is 5.75 Å². The highest BCUT2D eigenvalue weighted by Gasteiger charge is 1.99. The minimum absolute atomic E-state index is 0.696. The molecule has 2 aromatic rings. The third kappa shape index (κ3) is 3.96. The number of anilines is 1. The molecular formula is C15H17BrN2O. The zero-order chi connectivity index (χ0) is 13.7. The van der Waals surface area contributed by atoms with Gasteiger partial charge in [-0.15, -0.1) is 0 Å². The van der Waals surface area contributed by atoms with E-state index in [1.165, 1.54) is 5.56 Å². The number of rotatable bonds is 5. The van der Waals surface area contributed by atoms with Crippen molar-refractivity contribution in [3.63, 3.8) is 0 Å². The van der Waals surface area contributed by atoms with Crippen LogP contribution in [-0.2, 0) is 6.54 Å². The highest BCUT2D eigenvalue weighted by atomic mass is 79.9. The summed E-state index contributed by atoms with van der Waals surface area (Å²) < 4.78 is 6.30. The first kappa shape index (κ1) is 13.9. The van der Waals surface area contributed by atoms with E-state index >= 15 is 0 Å². The summed E-state index contributed by atoms with van der Waals surface area (Å²) in [6, 6.07) is 10.2. The molecule has 2 rings (SSSR count). The van der Waals surface area contributed by atoms with Gasteiger partial charge in [-0.05, 0) is 59.1 Å². The Morgan fingerprint density at radius 2 is 2.00 bits per heavy atom. The van der Waals surface area contributed by atoms with Crippen LogP contribution in [0, 0.1) is 6.92 Å². The normalized spacial score (nSPS) is 10.3. The Kier molecular flexibility index (Phi) is 4.80. The van der Waals surface area contributed by atoms with E-state index in [4.69, 9.17) is 4.74 Å². The molecule has 19 heavy (non-hydrogen) atoms. The lowest BCUT2D eigenvalue weighted by Crippen LogP contribution is -2.00. The van der Waals surface area contributed by atoms with Crippen LogP contribution in [0.3, 0.4) is 0 Å². The fraction of sp³-hybridized carbons (Fsp3) is 0.267. The Morgan fingerprint density at radius 1 is 1.26 bits per heavy atom. The fourth-order valence-corrected chi connectivity index (χ4v) is 1.95. The lowest BCUT2D eigenvalue weighted by Gasteiger charge is -2.08. The number of nitrogens with one attached hydrogen (secondary N) is 1. The number of benzene rings is 1. The molecule has 0 saturated heterocycles. The highest BCUT2D eigenvalue weighted by Crippen LogP contribution is 2.18. The van der Waals surface area contributed by atoms with E-state index in [9.17, 15) is 0 Å². The summed E-state index contributed by atoms with van der Waals surface area (Å²) in [5.74, 6) is 0.910. The summed E-state index contributed by atoms with van der Waals surface area (Å²) in [5, 5.41) is 3.36. The van der Waals surface area contributed by atoms with Crippen LogP contribution in [0.1, 0.15) is 18.1 Å². The van der Waals surface area contributed by atoms with E-state index in [-0.39, 0.29) is 0 Å². The maximum Gasteiger partial charge on any atom is 0.119 e. The quantitative estimate of drug-likeness (QED) is 0.840. The molecule has 0 unspecified atom stereocenters. The SMILES string of the molecule is CCOc1ccc(CNc2cnc(Br)c(C)c2)cc1. The topological polar surface area (TPSA) is 34.1 Å². The molecule has 1 N–H and O–H groups in total. The van der Waals surface area contributed by atoms with Crippen molar-refractivity contribution in [3.05, 3.63) is 52.3 Å². The van der Waals surface area contributed by atoms with Crippen LogP contribution in [0.15, 0.2) is 41.1 Å². The number of hydrogen-bond donors (Lipinski definition) is 1. The van der Waals surface area contributed by atoms with Gasteiger partial charge in [0.2, 0.25) is 0 Å². The van der Waals surface area contributed by atoms with Gasteiger partial charge in [0.25, 0.3) is 0 Å². The van der Waals surface area contributed by atoms with Gasteiger partial charge in [0.1, 0.15) is 10.4 Å². The highest BCUT2D eigenvalue weighted by molar-refractivity contribution is 9.10. The minimum Gasteiger partial charge on any atom is -0.494 e. The Labute approximate surface area is 122 Å². The maximum absolute atomic E-state index is 5.42. The number of aryl methyl sites for hydroxylation is 1. The van der Waals surface area contributed by atoms with E-state index in [0.29, 0.717) is 6.61 Å². The molecule has 100 valence electrons. The summed E-state index contributed by atoms with van der Waals surface area (Å²) in [6.45, 7) is 5.48. The number of halogens is 1. The molecule has 0 aliphatic carbocycles. The van der Waals surface area contributed by atoms with Gasteiger partial charge >= 0.3 is 0 Å². The summed E-state index contributed by atoms with van der Waals surface area (Å²) in [6.07, 6.45) is 1.83. The summed E-state index contributed by atoms with van der Waals surface area (Å²) in [5.41, 5.74) is 3.36. The van der Waals surface area contributed by atoms with Crippen LogP contribution >= 0.6 is 15.9 Å². The van der Waals surface area contributed by atoms with Crippen molar-refractivity contribution >= 4 is 21.6 Å².